The van der Waals surface area contributed by atoms with E-state index in [-0.39, 0.29) is 47.4 Å². The number of benzene rings is 2. The molecule has 3 aromatic rings. The van der Waals surface area contributed by atoms with Crippen molar-refractivity contribution >= 4 is 28.7 Å². The molecule has 2 bridgehead atoms. The maximum atomic E-state index is 15.0. The Labute approximate surface area is 303 Å². The van der Waals surface area contributed by atoms with Crippen LogP contribution in [0.25, 0.3) is 10.8 Å². The van der Waals surface area contributed by atoms with Gasteiger partial charge in [-0.05, 0) is 83.1 Å². The van der Waals surface area contributed by atoms with Crippen LogP contribution in [0.3, 0.4) is 0 Å². The van der Waals surface area contributed by atoms with Crippen LogP contribution in [0.1, 0.15) is 80.9 Å². The topological polar surface area (TPSA) is 128 Å². The summed E-state index contributed by atoms with van der Waals surface area (Å²) in [5.74, 6) is -0.972. The molecule has 4 aliphatic heterocycles. The first-order chi connectivity index (χ1) is 24.9. The molecule has 0 radical (unpaired) electrons. The summed E-state index contributed by atoms with van der Waals surface area (Å²) in [5, 5.41) is 7.97. The summed E-state index contributed by atoms with van der Waals surface area (Å²) in [4.78, 5) is 59.3. The van der Waals surface area contributed by atoms with Crippen molar-refractivity contribution in [2.75, 3.05) is 45.8 Å². The zero-order valence-electron chi connectivity index (χ0n) is 30.3. The number of ether oxygens (including phenoxy) is 2. The Morgan fingerprint density at radius 3 is 2.19 bits per heavy atom. The lowest BCUT2D eigenvalue weighted by atomic mass is 9.99. The molecule has 3 amide bonds. The van der Waals surface area contributed by atoms with Crippen molar-refractivity contribution in [1.29, 1.82) is 0 Å². The maximum Gasteiger partial charge on any atom is 0.410 e. The minimum absolute atomic E-state index is 0.0163. The number of nitrogens with one attached hydrogen (secondary N) is 1. The number of hydrogen-bond donors (Lipinski definition) is 1. The number of piperidine rings is 2. The first kappa shape index (κ1) is 36.0. The van der Waals surface area contributed by atoms with E-state index < -0.39 is 17.3 Å². The minimum atomic E-state index is -0.600. The second-order valence-corrected chi connectivity index (χ2v) is 15.7. The summed E-state index contributed by atoms with van der Waals surface area (Å²) >= 11 is 0. The molecule has 0 spiro atoms. The third-order valence-corrected chi connectivity index (χ3v) is 10.9. The molecule has 13 heteroatoms. The van der Waals surface area contributed by atoms with Gasteiger partial charge in [-0.3, -0.25) is 19.3 Å². The molecule has 1 N–H and O–H groups in total. The second-order valence-electron chi connectivity index (χ2n) is 15.7. The van der Waals surface area contributed by atoms with E-state index in [1.54, 1.807) is 34.1 Å². The Bertz CT molecular complexity index is 1850. The lowest BCUT2D eigenvalue weighted by Crippen LogP contribution is -2.53. The largest absolute Gasteiger partial charge is 0.444 e. The highest BCUT2D eigenvalue weighted by Gasteiger charge is 2.45. The summed E-state index contributed by atoms with van der Waals surface area (Å²) in [5.41, 5.74) is 0.531. The van der Waals surface area contributed by atoms with Gasteiger partial charge in [-0.25, -0.2) is 14.3 Å². The predicted octanol–water partition coefficient (Wildman–Crippen LogP) is 4.35. The van der Waals surface area contributed by atoms with Gasteiger partial charge in [0.1, 0.15) is 11.4 Å². The lowest BCUT2D eigenvalue weighted by molar-refractivity contribution is -0.135. The first-order valence-corrected chi connectivity index (χ1v) is 18.6. The van der Waals surface area contributed by atoms with Crippen LogP contribution in [0.4, 0.5) is 9.18 Å². The molecule has 2 unspecified atom stereocenters. The smallest absolute Gasteiger partial charge is 0.410 e. The van der Waals surface area contributed by atoms with Crippen molar-refractivity contribution in [1.82, 2.24) is 29.8 Å². The number of amides is 3. The van der Waals surface area contributed by atoms with Gasteiger partial charge in [0.15, 0.2) is 0 Å². The summed E-state index contributed by atoms with van der Waals surface area (Å²) in [6, 6.07) is 12.0. The van der Waals surface area contributed by atoms with E-state index in [1.807, 2.05) is 37.8 Å². The van der Waals surface area contributed by atoms with Crippen molar-refractivity contribution in [3.05, 3.63) is 75.5 Å². The molecule has 12 nitrogen and oxygen atoms in total. The molecule has 0 aliphatic carbocycles. The molecule has 278 valence electrons. The molecule has 5 heterocycles. The van der Waals surface area contributed by atoms with Crippen molar-refractivity contribution in [3.8, 4) is 0 Å². The molecule has 2 aromatic carbocycles. The fourth-order valence-electron chi connectivity index (χ4n) is 8.29. The quantitative estimate of drug-likeness (QED) is 0.383. The highest BCUT2D eigenvalue weighted by Crippen LogP contribution is 2.39. The molecule has 4 fully saturated rings. The molecular formula is C39H49FN6O6. The third-order valence-electron chi connectivity index (χ3n) is 10.9. The Kier molecular flexibility index (Phi) is 10.3. The van der Waals surface area contributed by atoms with E-state index in [2.05, 4.69) is 15.1 Å². The number of fused-ring (bicyclic) bond motifs is 3. The number of likely N-dealkylation sites (tertiary alicyclic amines) is 1. The third kappa shape index (κ3) is 8.00. The summed E-state index contributed by atoms with van der Waals surface area (Å²) in [7, 11) is 0. The number of nitrogens with zero attached hydrogens (tertiary/aromatic N) is 5. The van der Waals surface area contributed by atoms with E-state index in [9.17, 15) is 23.6 Å². The summed E-state index contributed by atoms with van der Waals surface area (Å²) in [6.45, 7) is 9.01. The Morgan fingerprint density at radius 2 is 1.52 bits per heavy atom. The van der Waals surface area contributed by atoms with Crippen molar-refractivity contribution in [3.63, 3.8) is 0 Å². The van der Waals surface area contributed by atoms with Gasteiger partial charge >= 0.3 is 6.09 Å². The lowest BCUT2D eigenvalue weighted by Gasteiger charge is -2.41. The number of carbonyl (C=O) groups excluding carboxylic acids is 3. The van der Waals surface area contributed by atoms with Crippen LogP contribution in [-0.4, -0.2) is 123 Å². The second kappa shape index (κ2) is 14.9. The summed E-state index contributed by atoms with van der Waals surface area (Å²) in [6.07, 6.45) is 5.77. The standard InChI is InChI=1S/C39H49FN6O6/c1-39(2,3)52-38(50)46-26-9-10-27(46)23-29(22-26)51-28-12-14-43(15-13-28)24-35(47)44-16-18-45(19-17-44)37(49)32-20-25(8-11-33(32)40)21-34-30-6-4-5-7-31(30)36(48)42-41-34/h4-8,11,20,26-29H,9-10,12-19,21-24H2,1-3H3,(H,42,48). The van der Waals surface area contributed by atoms with E-state index in [4.69, 9.17) is 9.47 Å². The van der Waals surface area contributed by atoms with Crippen LogP contribution in [0, 0.1) is 5.82 Å². The van der Waals surface area contributed by atoms with E-state index >= 15 is 0 Å². The van der Waals surface area contributed by atoms with Gasteiger partial charge in [0.05, 0.1) is 35.4 Å². The maximum absolute atomic E-state index is 15.0. The number of H-pyrrole nitrogens is 1. The van der Waals surface area contributed by atoms with E-state index in [1.165, 1.54) is 6.07 Å². The average molecular weight is 717 g/mol. The minimum Gasteiger partial charge on any atom is -0.444 e. The zero-order chi connectivity index (χ0) is 36.6. The first-order valence-electron chi connectivity index (χ1n) is 18.6. The Balaban J connectivity index is 0.857. The van der Waals surface area contributed by atoms with Crippen LogP contribution < -0.4 is 5.56 Å². The Hall–Kier alpha value is -4.36. The fraction of sp³-hybridized carbons (Fsp3) is 0.564. The summed E-state index contributed by atoms with van der Waals surface area (Å²) < 4.78 is 27.2. The normalized spacial score (nSPS) is 22.9. The monoisotopic (exact) mass is 716 g/mol. The Morgan fingerprint density at radius 1 is 0.865 bits per heavy atom. The molecule has 2 atom stereocenters. The number of carbonyl (C=O) groups is 3. The van der Waals surface area contributed by atoms with Gasteiger partial charge in [0.2, 0.25) is 5.91 Å². The number of halogens is 1. The van der Waals surface area contributed by atoms with Crippen LogP contribution in [0.5, 0.6) is 0 Å². The zero-order valence-corrected chi connectivity index (χ0v) is 30.3. The van der Waals surface area contributed by atoms with Crippen molar-refractivity contribution in [2.45, 2.75) is 95.6 Å². The molecule has 7 rings (SSSR count). The molecule has 52 heavy (non-hydrogen) atoms. The van der Waals surface area contributed by atoms with Gasteiger partial charge in [-0.1, -0.05) is 24.3 Å². The number of aromatic amines is 1. The number of piperazine rings is 1. The molecule has 1 aromatic heterocycles. The van der Waals surface area contributed by atoms with Crippen LogP contribution >= 0.6 is 0 Å². The van der Waals surface area contributed by atoms with Crippen LogP contribution in [0.15, 0.2) is 47.3 Å². The molecule has 4 saturated heterocycles. The van der Waals surface area contributed by atoms with Gasteiger partial charge in [-0.2, -0.15) is 5.10 Å². The highest BCUT2D eigenvalue weighted by atomic mass is 19.1. The van der Waals surface area contributed by atoms with Gasteiger partial charge < -0.3 is 24.2 Å². The molecule has 4 aliphatic rings. The van der Waals surface area contributed by atoms with Crippen molar-refractivity contribution < 1.29 is 28.2 Å². The van der Waals surface area contributed by atoms with Gasteiger partial charge in [0, 0.05) is 63.2 Å². The average Bonchev–Trinajstić information content (AvgIpc) is 3.40. The predicted molar refractivity (Wildman–Crippen MR) is 193 cm³/mol. The molecule has 0 saturated carbocycles. The van der Waals surface area contributed by atoms with Crippen LogP contribution in [0.2, 0.25) is 0 Å². The van der Waals surface area contributed by atoms with Crippen LogP contribution in [-0.2, 0) is 20.7 Å². The number of aromatic nitrogens is 2. The number of rotatable bonds is 7. The fourth-order valence-corrected chi connectivity index (χ4v) is 8.29. The molecular weight excluding hydrogens is 667 g/mol. The van der Waals surface area contributed by atoms with Gasteiger partial charge in [0.25, 0.3) is 11.5 Å². The van der Waals surface area contributed by atoms with E-state index in [0.717, 1.165) is 51.6 Å². The SMILES string of the molecule is CC(C)(C)OC(=O)N1C2CCC1CC(OC1CCN(CC(=O)N3CCN(C(=O)c4cc(Cc5n[nH]c(=O)c6ccccc56)ccc4F)CC3)CC1)C2. The number of hydrogen-bond acceptors (Lipinski definition) is 8. The van der Waals surface area contributed by atoms with E-state index in [0.29, 0.717) is 61.2 Å². The highest BCUT2D eigenvalue weighted by molar-refractivity contribution is 5.95. The van der Waals surface area contributed by atoms with Crippen molar-refractivity contribution in [2.24, 2.45) is 0 Å². The van der Waals surface area contributed by atoms with Gasteiger partial charge in [-0.15, -0.1) is 0 Å².